The molecule has 0 aromatic heterocycles. The lowest BCUT2D eigenvalue weighted by Gasteiger charge is -2.22. The molecular weight excluding hydrogens is 290 g/mol. The van der Waals surface area contributed by atoms with Crippen LogP contribution in [0.1, 0.15) is 57.1 Å². The van der Waals surface area contributed by atoms with Crippen molar-refractivity contribution in [3.8, 4) is 0 Å². The first kappa shape index (κ1) is 17.5. The Kier molecular flexibility index (Phi) is 6.20. The number of carbonyl (C=O) groups excluding carboxylic acids is 1. The molecule has 4 nitrogen and oxygen atoms in total. The van der Waals surface area contributed by atoms with Gasteiger partial charge in [-0.15, -0.1) is 0 Å². The fourth-order valence-electron chi connectivity index (χ4n) is 3.30. The van der Waals surface area contributed by atoms with E-state index in [1.54, 1.807) is 0 Å². The van der Waals surface area contributed by atoms with Gasteiger partial charge >= 0.3 is 5.97 Å². The Morgan fingerprint density at radius 2 is 1.96 bits per heavy atom. The van der Waals surface area contributed by atoms with E-state index in [2.05, 4.69) is 32.0 Å². The average molecular weight is 317 g/mol. The van der Waals surface area contributed by atoms with Gasteiger partial charge < -0.3 is 10.0 Å². The Labute approximate surface area is 138 Å². The first-order valence-electron chi connectivity index (χ1n) is 8.71. The van der Waals surface area contributed by atoms with Crippen LogP contribution in [0.25, 0.3) is 0 Å². The minimum absolute atomic E-state index is 0.122. The SMILES string of the molecule is CCC(CC)C(=O)N1CCc2cc(CCCCC(=O)O)ccc21. The van der Waals surface area contributed by atoms with Crippen molar-refractivity contribution in [2.24, 2.45) is 5.92 Å². The Bertz CT molecular complexity index is 564. The van der Waals surface area contributed by atoms with Gasteiger partial charge in [0, 0.05) is 24.6 Å². The summed E-state index contributed by atoms with van der Waals surface area (Å²) in [6, 6.07) is 6.34. The Hall–Kier alpha value is -1.84. The number of carboxylic acids is 1. The van der Waals surface area contributed by atoms with Crippen LogP contribution in [0.5, 0.6) is 0 Å². The normalized spacial score (nSPS) is 13.4. The fraction of sp³-hybridized carbons (Fsp3) is 0.579. The van der Waals surface area contributed by atoms with Crippen molar-refractivity contribution in [3.63, 3.8) is 0 Å². The maximum absolute atomic E-state index is 12.6. The first-order valence-corrected chi connectivity index (χ1v) is 8.71. The molecule has 0 unspecified atom stereocenters. The maximum atomic E-state index is 12.6. The molecule has 0 fully saturated rings. The van der Waals surface area contributed by atoms with Gasteiger partial charge in [-0.25, -0.2) is 0 Å². The predicted molar refractivity (Wildman–Crippen MR) is 91.8 cm³/mol. The molecular formula is C19H27NO3. The van der Waals surface area contributed by atoms with Crippen molar-refractivity contribution in [2.75, 3.05) is 11.4 Å². The van der Waals surface area contributed by atoms with Gasteiger partial charge in [0.2, 0.25) is 5.91 Å². The number of fused-ring (bicyclic) bond motifs is 1. The number of nitrogens with zero attached hydrogens (tertiary/aromatic N) is 1. The van der Waals surface area contributed by atoms with Crippen molar-refractivity contribution in [3.05, 3.63) is 29.3 Å². The summed E-state index contributed by atoms with van der Waals surface area (Å²) in [5.74, 6) is -0.353. The molecule has 0 spiro atoms. The monoisotopic (exact) mass is 317 g/mol. The van der Waals surface area contributed by atoms with E-state index in [1.165, 1.54) is 11.1 Å². The zero-order valence-corrected chi connectivity index (χ0v) is 14.2. The van der Waals surface area contributed by atoms with Crippen molar-refractivity contribution in [1.29, 1.82) is 0 Å². The van der Waals surface area contributed by atoms with Gasteiger partial charge in [0.15, 0.2) is 0 Å². The molecule has 0 radical (unpaired) electrons. The van der Waals surface area contributed by atoms with E-state index in [-0.39, 0.29) is 18.2 Å². The quantitative estimate of drug-likeness (QED) is 0.742. The summed E-state index contributed by atoms with van der Waals surface area (Å²) in [4.78, 5) is 25.1. The number of rotatable bonds is 8. The lowest BCUT2D eigenvalue weighted by molar-refractivity contribution is -0.137. The van der Waals surface area contributed by atoms with E-state index in [9.17, 15) is 9.59 Å². The van der Waals surface area contributed by atoms with Crippen LogP contribution in [-0.4, -0.2) is 23.5 Å². The zero-order chi connectivity index (χ0) is 16.8. The van der Waals surface area contributed by atoms with Gasteiger partial charge in [-0.2, -0.15) is 0 Å². The highest BCUT2D eigenvalue weighted by Gasteiger charge is 2.28. The highest BCUT2D eigenvalue weighted by molar-refractivity contribution is 5.97. The Morgan fingerprint density at radius 1 is 1.22 bits per heavy atom. The number of hydrogen-bond donors (Lipinski definition) is 1. The molecule has 1 aliphatic rings. The van der Waals surface area contributed by atoms with Gasteiger partial charge in [-0.05, 0) is 55.7 Å². The lowest BCUT2D eigenvalue weighted by Crippen LogP contribution is -2.34. The highest BCUT2D eigenvalue weighted by Crippen LogP contribution is 2.31. The average Bonchev–Trinajstić information content (AvgIpc) is 2.95. The number of amides is 1. The smallest absolute Gasteiger partial charge is 0.303 e. The summed E-state index contributed by atoms with van der Waals surface area (Å²) in [6.45, 7) is 4.93. The molecule has 1 N–H and O–H groups in total. The third-order valence-corrected chi connectivity index (χ3v) is 4.75. The van der Waals surface area contributed by atoms with Gasteiger partial charge in [-0.1, -0.05) is 26.0 Å². The van der Waals surface area contributed by atoms with Gasteiger partial charge in [0.05, 0.1) is 0 Å². The molecule has 0 saturated heterocycles. The first-order chi connectivity index (χ1) is 11.1. The molecule has 0 atom stereocenters. The summed E-state index contributed by atoms with van der Waals surface area (Å²) in [6.07, 6.45) is 5.45. The fourth-order valence-corrected chi connectivity index (χ4v) is 3.30. The maximum Gasteiger partial charge on any atom is 0.303 e. The zero-order valence-electron chi connectivity index (χ0n) is 14.2. The minimum atomic E-state index is -0.727. The molecule has 126 valence electrons. The lowest BCUT2D eigenvalue weighted by atomic mass is 10.0. The molecule has 1 aromatic rings. The second kappa shape index (κ2) is 8.14. The number of unbranched alkanes of at least 4 members (excludes halogenated alkanes) is 1. The molecule has 1 aliphatic heterocycles. The van der Waals surface area contributed by atoms with Crippen molar-refractivity contribution >= 4 is 17.6 Å². The van der Waals surface area contributed by atoms with E-state index in [1.807, 2.05) is 4.90 Å². The Balaban J connectivity index is 1.99. The van der Waals surface area contributed by atoms with Crippen molar-refractivity contribution in [1.82, 2.24) is 0 Å². The van der Waals surface area contributed by atoms with E-state index in [0.717, 1.165) is 44.3 Å². The van der Waals surface area contributed by atoms with Crippen molar-refractivity contribution in [2.45, 2.75) is 58.8 Å². The number of aryl methyl sites for hydroxylation is 1. The van der Waals surface area contributed by atoms with E-state index >= 15 is 0 Å². The predicted octanol–water partition coefficient (Wildman–Crippen LogP) is 3.81. The molecule has 4 heteroatoms. The molecule has 0 bridgehead atoms. The molecule has 0 saturated carbocycles. The van der Waals surface area contributed by atoms with Crippen LogP contribution in [0.2, 0.25) is 0 Å². The van der Waals surface area contributed by atoms with Gasteiger partial charge in [-0.3, -0.25) is 9.59 Å². The van der Waals surface area contributed by atoms with Crippen LogP contribution in [-0.2, 0) is 22.4 Å². The largest absolute Gasteiger partial charge is 0.481 e. The molecule has 1 aromatic carbocycles. The summed E-state index contributed by atoms with van der Waals surface area (Å²) in [7, 11) is 0. The van der Waals surface area contributed by atoms with Crippen molar-refractivity contribution < 1.29 is 14.7 Å². The number of hydrogen-bond acceptors (Lipinski definition) is 2. The minimum Gasteiger partial charge on any atom is -0.481 e. The standard InChI is InChI=1S/C19H27NO3/c1-3-15(4-2)19(23)20-12-11-16-13-14(9-10-17(16)20)7-5-6-8-18(21)22/h9-10,13,15H,3-8,11-12H2,1-2H3,(H,21,22). The van der Waals surface area contributed by atoms with E-state index < -0.39 is 5.97 Å². The van der Waals surface area contributed by atoms with Crippen LogP contribution in [0.15, 0.2) is 18.2 Å². The van der Waals surface area contributed by atoms with Crippen LogP contribution >= 0.6 is 0 Å². The topological polar surface area (TPSA) is 57.6 Å². The van der Waals surface area contributed by atoms with Crippen LogP contribution in [0, 0.1) is 5.92 Å². The molecule has 23 heavy (non-hydrogen) atoms. The van der Waals surface area contributed by atoms with Crippen LogP contribution in [0.4, 0.5) is 5.69 Å². The third-order valence-electron chi connectivity index (χ3n) is 4.75. The van der Waals surface area contributed by atoms with Crippen LogP contribution < -0.4 is 4.90 Å². The number of anilines is 1. The number of benzene rings is 1. The summed E-state index contributed by atoms with van der Waals surface area (Å²) in [5.41, 5.74) is 3.56. The highest BCUT2D eigenvalue weighted by atomic mass is 16.4. The number of aliphatic carboxylic acids is 1. The van der Waals surface area contributed by atoms with Gasteiger partial charge in [0.1, 0.15) is 0 Å². The molecule has 1 amide bonds. The molecule has 1 heterocycles. The van der Waals surface area contributed by atoms with Gasteiger partial charge in [0.25, 0.3) is 0 Å². The molecule has 2 rings (SSSR count). The van der Waals surface area contributed by atoms with Crippen LogP contribution in [0.3, 0.4) is 0 Å². The summed E-state index contributed by atoms with van der Waals surface area (Å²) >= 11 is 0. The Morgan fingerprint density at radius 3 is 2.61 bits per heavy atom. The third kappa shape index (κ3) is 4.34. The summed E-state index contributed by atoms with van der Waals surface area (Å²) < 4.78 is 0. The summed E-state index contributed by atoms with van der Waals surface area (Å²) in [5, 5.41) is 8.67. The second-order valence-corrected chi connectivity index (χ2v) is 6.32. The second-order valence-electron chi connectivity index (χ2n) is 6.32. The van der Waals surface area contributed by atoms with E-state index in [0.29, 0.717) is 6.42 Å². The molecule has 0 aliphatic carbocycles. The number of carbonyl (C=O) groups is 2. The van der Waals surface area contributed by atoms with E-state index in [4.69, 9.17) is 5.11 Å². The number of carboxylic acid groups (broad SMARTS) is 1.